The van der Waals surface area contributed by atoms with E-state index in [-0.39, 0.29) is 0 Å². The first kappa shape index (κ1) is 14.6. The number of benzene rings is 1. The molecule has 0 atom stereocenters. The third kappa shape index (κ3) is 3.59. The van der Waals surface area contributed by atoms with Crippen LogP contribution in [0.4, 0.5) is 5.69 Å². The number of rotatable bonds is 4. The first-order chi connectivity index (χ1) is 9.11. The monoisotopic (exact) mass is 298 g/mol. The van der Waals surface area contributed by atoms with Gasteiger partial charge in [-0.1, -0.05) is 23.8 Å². The van der Waals surface area contributed by atoms with E-state index < -0.39 is 0 Å². The van der Waals surface area contributed by atoms with E-state index in [0.717, 1.165) is 43.8 Å². The molecule has 0 spiro atoms. The summed E-state index contributed by atoms with van der Waals surface area (Å²) in [6.07, 6.45) is 2.42. The minimum atomic E-state index is 0.369. The second-order valence-electron chi connectivity index (χ2n) is 4.67. The van der Waals surface area contributed by atoms with Crippen molar-refractivity contribution in [3.05, 3.63) is 28.8 Å². The number of hydrogen-bond donors (Lipinski definition) is 1. The van der Waals surface area contributed by atoms with Crippen LogP contribution < -0.4 is 10.6 Å². The smallest absolute Gasteiger partial charge is 0.106 e. The molecule has 1 aliphatic rings. The molecule has 3 nitrogen and oxygen atoms in total. The lowest BCUT2D eigenvalue weighted by molar-refractivity contribution is 0.0459. The Labute approximate surface area is 124 Å². The first-order valence-corrected chi connectivity index (χ1v) is 7.36. The topological polar surface area (TPSA) is 38.5 Å². The summed E-state index contributed by atoms with van der Waals surface area (Å²) < 4.78 is 5.67. The lowest BCUT2D eigenvalue weighted by atomic mass is 10.0. The van der Waals surface area contributed by atoms with E-state index in [1.807, 2.05) is 25.1 Å². The van der Waals surface area contributed by atoms with Gasteiger partial charge in [0.2, 0.25) is 0 Å². The average Bonchev–Trinajstić information content (AvgIpc) is 2.39. The molecule has 1 aromatic rings. The van der Waals surface area contributed by atoms with Crippen LogP contribution in [0.25, 0.3) is 0 Å². The summed E-state index contributed by atoms with van der Waals surface area (Å²) in [7, 11) is 0. The van der Waals surface area contributed by atoms with Crippen LogP contribution in [0.15, 0.2) is 18.2 Å². The fourth-order valence-corrected chi connectivity index (χ4v) is 2.81. The number of piperidine rings is 1. The van der Waals surface area contributed by atoms with Crippen molar-refractivity contribution in [1.29, 1.82) is 0 Å². The van der Waals surface area contributed by atoms with Crippen LogP contribution in [-0.4, -0.2) is 30.8 Å². The molecular formula is C14H19ClN2OS. The van der Waals surface area contributed by atoms with Crippen molar-refractivity contribution in [3.8, 4) is 0 Å². The Morgan fingerprint density at radius 3 is 2.74 bits per heavy atom. The molecule has 1 heterocycles. The second kappa shape index (κ2) is 6.55. The molecule has 0 aliphatic carbocycles. The molecule has 0 amide bonds. The van der Waals surface area contributed by atoms with Crippen LogP contribution in [0, 0.1) is 0 Å². The third-order valence-corrected chi connectivity index (χ3v) is 3.87. The number of anilines is 1. The summed E-state index contributed by atoms with van der Waals surface area (Å²) in [5, 5.41) is 0.710. The Morgan fingerprint density at radius 1 is 1.47 bits per heavy atom. The fraction of sp³-hybridized carbons (Fsp3) is 0.500. The number of nitrogens with zero attached hydrogens (tertiary/aromatic N) is 1. The van der Waals surface area contributed by atoms with Crippen molar-refractivity contribution in [3.63, 3.8) is 0 Å². The number of halogens is 1. The highest BCUT2D eigenvalue weighted by molar-refractivity contribution is 7.80. The van der Waals surface area contributed by atoms with Gasteiger partial charge in [0.25, 0.3) is 0 Å². The van der Waals surface area contributed by atoms with Gasteiger partial charge in [-0.2, -0.15) is 0 Å². The van der Waals surface area contributed by atoms with E-state index in [9.17, 15) is 0 Å². The van der Waals surface area contributed by atoms with Gasteiger partial charge in [-0.05, 0) is 38.0 Å². The van der Waals surface area contributed by atoms with Gasteiger partial charge < -0.3 is 15.4 Å². The zero-order valence-electron chi connectivity index (χ0n) is 11.1. The highest BCUT2D eigenvalue weighted by atomic mass is 35.5. The van der Waals surface area contributed by atoms with Gasteiger partial charge in [0, 0.05) is 36.0 Å². The van der Waals surface area contributed by atoms with Crippen LogP contribution in [0.2, 0.25) is 5.02 Å². The molecule has 2 rings (SSSR count). The highest BCUT2D eigenvalue weighted by Gasteiger charge is 2.21. The number of hydrogen-bond acceptors (Lipinski definition) is 3. The Kier molecular flexibility index (Phi) is 5.02. The summed E-state index contributed by atoms with van der Waals surface area (Å²) >= 11 is 11.2. The van der Waals surface area contributed by atoms with Gasteiger partial charge >= 0.3 is 0 Å². The lowest BCUT2D eigenvalue weighted by Crippen LogP contribution is -2.38. The SMILES string of the molecule is CCOC1CCN(c2cc(Cl)ccc2C(N)=S)CC1. The normalized spacial score (nSPS) is 16.6. The number of ether oxygens (including phenoxy) is 1. The van der Waals surface area contributed by atoms with Crippen molar-refractivity contribution in [2.75, 3.05) is 24.6 Å². The minimum Gasteiger partial charge on any atom is -0.389 e. The Balaban J connectivity index is 2.14. The molecule has 5 heteroatoms. The van der Waals surface area contributed by atoms with Crippen LogP contribution >= 0.6 is 23.8 Å². The molecule has 0 aromatic heterocycles. The van der Waals surface area contributed by atoms with Crippen molar-refractivity contribution >= 4 is 34.5 Å². The molecule has 2 N–H and O–H groups in total. The molecule has 0 unspecified atom stereocenters. The number of nitrogens with two attached hydrogens (primary N) is 1. The van der Waals surface area contributed by atoms with Crippen molar-refractivity contribution in [2.45, 2.75) is 25.9 Å². The Bertz CT molecular complexity index is 459. The molecular weight excluding hydrogens is 280 g/mol. The van der Waals surface area contributed by atoms with Gasteiger partial charge in [-0.15, -0.1) is 0 Å². The minimum absolute atomic E-state index is 0.369. The van der Waals surface area contributed by atoms with E-state index >= 15 is 0 Å². The molecule has 1 fully saturated rings. The predicted octanol–water partition coefficient (Wildman–Crippen LogP) is 2.98. The van der Waals surface area contributed by atoms with Crippen LogP contribution in [0.5, 0.6) is 0 Å². The van der Waals surface area contributed by atoms with Gasteiger partial charge in [0.1, 0.15) is 4.99 Å². The molecule has 1 aromatic carbocycles. The summed E-state index contributed by atoms with van der Waals surface area (Å²) in [4.78, 5) is 2.70. The van der Waals surface area contributed by atoms with E-state index in [4.69, 9.17) is 34.3 Å². The van der Waals surface area contributed by atoms with Gasteiger partial charge in [-0.3, -0.25) is 0 Å². The summed E-state index contributed by atoms with van der Waals surface area (Å²) in [5.74, 6) is 0. The van der Waals surface area contributed by atoms with Crippen molar-refractivity contribution in [2.24, 2.45) is 5.73 Å². The van der Waals surface area contributed by atoms with E-state index in [2.05, 4.69) is 4.90 Å². The highest BCUT2D eigenvalue weighted by Crippen LogP contribution is 2.28. The standard InChI is InChI=1S/C14H19ClN2OS/c1-2-18-11-5-7-17(8-6-11)13-9-10(15)3-4-12(13)14(16)19/h3-4,9,11H,2,5-8H2,1H3,(H2,16,19). The maximum atomic E-state index is 6.08. The van der Waals surface area contributed by atoms with Crippen LogP contribution in [-0.2, 0) is 4.74 Å². The molecule has 1 aliphatic heterocycles. The second-order valence-corrected chi connectivity index (χ2v) is 5.54. The molecule has 0 radical (unpaired) electrons. The summed E-state index contributed by atoms with van der Waals surface area (Å²) in [6.45, 7) is 4.70. The maximum absolute atomic E-state index is 6.08. The zero-order valence-corrected chi connectivity index (χ0v) is 12.6. The van der Waals surface area contributed by atoms with E-state index in [1.54, 1.807) is 0 Å². The Morgan fingerprint density at radius 2 is 2.16 bits per heavy atom. The predicted molar refractivity (Wildman–Crippen MR) is 84.2 cm³/mol. The lowest BCUT2D eigenvalue weighted by Gasteiger charge is -2.34. The molecule has 104 valence electrons. The fourth-order valence-electron chi connectivity index (χ4n) is 2.47. The van der Waals surface area contributed by atoms with Gasteiger partial charge in [0.05, 0.1) is 6.10 Å². The molecule has 0 saturated carbocycles. The van der Waals surface area contributed by atoms with E-state index in [0.29, 0.717) is 16.1 Å². The first-order valence-electron chi connectivity index (χ1n) is 6.57. The number of thiocarbonyl (C=S) groups is 1. The largest absolute Gasteiger partial charge is 0.389 e. The van der Waals surface area contributed by atoms with Gasteiger partial charge in [0.15, 0.2) is 0 Å². The Hall–Kier alpha value is -0.840. The molecule has 1 saturated heterocycles. The summed E-state index contributed by atoms with van der Waals surface area (Å²) in [5.41, 5.74) is 7.72. The zero-order chi connectivity index (χ0) is 13.8. The van der Waals surface area contributed by atoms with Crippen molar-refractivity contribution in [1.82, 2.24) is 0 Å². The van der Waals surface area contributed by atoms with Crippen LogP contribution in [0.3, 0.4) is 0 Å². The van der Waals surface area contributed by atoms with Gasteiger partial charge in [-0.25, -0.2) is 0 Å². The third-order valence-electron chi connectivity index (χ3n) is 3.41. The maximum Gasteiger partial charge on any atom is 0.106 e. The van der Waals surface area contributed by atoms with Crippen molar-refractivity contribution < 1.29 is 4.74 Å². The van der Waals surface area contributed by atoms with E-state index in [1.165, 1.54) is 0 Å². The molecule has 19 heavy (non-hydrogen) atoms. The molecule has 0 bridgehead atoms. The van der Waals surface area contributed by atoms with Crippen LogP contribution in [0.1, 0.15) is 25.3 Å². The average molecular weight is 299 g/mol. The summed E-state index contributed by atoms with van der Waals surface area (Å²) in [6, 6.07) is 5.66. The quantitative estimate of drug-likeness (QED) is 0.867.